The molecule has 0 aromatic heterocycles. The van der Waals surface area contributed by atoms with Gasteiger partial charge in [0.25, 0.3) is 5.91 Å². The number of benzene rings is 2. The zero-order valence-corrected chi connectivity index (χ0v) is 15.8. The van der Waals surface area contributed by atoms with Gasteiger partial charge in [-0.15, -0.1) is 0 Å². The quantitative estimate of drug-likeness (QED) is 0.691. The topological polar surface area (TPSA) is 100 Å². The van der Waals surface area contributed by atoms with Gasteiger partial charge < -0.3 is 24.3 Å². The predicted octanol–water partition coefficient (Wildman–Crippen LogP) is 1.96. The maximum Gasteiger partial charge on any atom is 0.341 e. The molecule has 2 rings (SSSR count). The van der Waals surface area contributed by atoms with Crippen molar-refractivity contribution in [3.05, 3.63) is 59.2 Å². The van der Waals surface area contributed by atoms with E-state index in [9.17, 15) is 14.4 Å². The van der Waals surface area contributed by atoms with Gasteiger partial charge in [-0.25, -0.2) is 9.59 Å². The first-order valence-corrected chi connectivity index (χ1v) is 8.31. The fourth-order valence-electron chi connectivity index (χ4n) is 2.30. The number of rotatable bonds is 8. The lowest BCUT2D eigenvalue weighted by Crippen LogP contribution is -2.28. The van der Waals surface area contributed by atoms with Crippen LogP contribution >= 0.6 is 0 Å². The normalized spacial score (nSPS) is 9.96. The van der Waals surface area contributed by atoms with E-state index in [4.69, 9.17) is 14.2 Å². The standard InChI is InChI=1S/C20H21NO7/c1-25-15-8-9-16(20(24)27-3)17(10-15)28-12-18(22)21-11-13-4-6-14(7-5-13)19(23)26-2/h4-10H,11-12H2,1-3H3,(H,21,22). The van der Waals surface area contributed by atoms with E-state index < -0.39 is 11.9 Å². The number of nitrogens with one attached hydrogen (secondary N) is 1. The molecule has 1 N–H and O–H groups in total. The summed E-state index contributed by atoms with van der Waals surface area (Å²) >= 11 is 0. The maximum absolute atomic E-state index is 12.1. The SMILES string of the molecule is COC(=O)c1ccc(CNC(=O)COc2cc(OC)ccc2C(=O)OC)cc1. The first-order chi connectivity index (χ1) is 13.5. The van der Waals surface area contributed by atoms with Crippen LogP contribution in [0, 0.1) is 0 Å². The number of amides is 1. The van der Waals surface area contributed by atoms with Gasteiger partial charge in [0.1, 0.15) is 17.1 Å². The minimum absolute atomic E-state index is 0.184. The molecule has 0 fully saturated rings. The van der Waals surface area contributed by atoms with Crippen LogP contribution in [0.1, 0.15) is 26.3 Å². The van der Waals surface area contributed by atoms with E-state index in [1.807, 2.05) is 0 Å². The minimum atomic E-state index is -0.580. The maximum atomic E-state index is 12.1. The third kappa shape index (κ3) is 5.47. The molecular weight excluding hydrogens is 366 g/mol. The van der Waals surface area contributed by atoms with Crippen molar-refractivity contribution in [1.29, 1.82) is 0 Å². The first-order valence-electron chi connectivity index (χ1n) is 8.31. The van der Waals surface area contributed by atoms with Crippen LogP contribution in [-0.2, 0) is 20.8 Å². The molecule has 2 aromatic rings. The van der Waals surface area contributed by atoms with Gasteiger partial charge in [0, 0.05) is 12.6 Å². The van der Waals surface area contributed by atoms with E-state index >= 15 is 0 Å². The number of hydrogen-bond donors (Lipinski definition) is 1. The van der Waals surface area contributed by atoms with Gasteiger partial charge in [-0.05, 0) is 29.8 Å². The molecule has 0 aliphatic heterocycles. The second-order valence-corrected chi connectivity index (χ2v) is 5.61. The average Bonchev–Trinajstić information content (AvgIpc) is 2.75. The van der Waals surface area contributed by atoms with Gasteiger partial charge in [0.15, 0.2) is 6.61 Å². The molecule has 0 atom stereocenters. The van der Waals surface area contributed by atoms with Gasteiger partial charge in [-0.2, -0.15) is 0 Å². The molecule has 0 saturated heterocycles. The highest BCUT2D eigenvalue weighted by molar-refractivity contribution is 5.93. The lowest BCUT2D eigenvalue weighted by Gasteiger charge is -2.12. The largest absolute Gasteiger partial charge is 0.497 e. The Kier molecular flexibility index (Phi) is 7.38. The Morgan fingerprint density at radius 3 is 2.18 bits per heavy atom. The Morgan fingerprint density at radius 1 is 0.893 bits per heavy atom. The Labute approximate surface area is 162 Å². The van der Waals surface area contributed by atoms with Crippen molar-refractivity contribution in [2.24, 2.45) is 0 Å². The van der Waals surface area contributed by atoms with Crippen LogP contribution in [0.2, 0.25) is 0 Å². The molecule has 0 aliphatic carbocycles. The number of methoxy groups -OCH3 is 3. The van der Waals surface area contributed by atoms with E-state index in [1.54, 1.807) is 30.3 Å². The highest BCUT2D eigenvalue weighted by Crippen LogP contribution is 2.25. The summed E-state index contributed by atoms with van der Waals surface area (Å²) in [6.45, 7) is -0.0387. The van der Waals surface area contributed by atoms with Crippen LogP contribution in [0.5, 0.6) is 11.5 Å². The van der Waals surface area contributed by atoms with E-state index in [0.29, 0.717) is 11.3 Å². The van der Waals surface area contributed by atoms with Crippen LogP contribution in [0.4, 0.5) is 0 Å². The molecule has 0 bridgehead atoms. The fraction of sp³-hybridized carbons (Fsp3) is 0.250. The van der Waals surface area contributed by atoms with Gasteiger partial charge in [0.2, 0.25) is 0 Å². The molecule has 8 heteroatoms. The number of hydrogen-bond acceptors (Lipinski definition) is 7. The molecule has 0 spiro atoms. The molecule has 0 unspecified atom stereocenters. The van der Waals surface area contributed by atoms with Gasteiger partial charge in [-0.1, -0.05) is 12.1 Å². The van der Waals surface area contributed by atoms with Crippen molar-refractivity contribution in [3.63, 3.8) is 0 Å². The van der Waals surface area contributed by atoms with Crippen molar-refractivity contribution in [2.45, 2.75) is 6.54 Å². The van der Waals surface area contributed by atoms with Crippen molar-refractivity contribution >= 4 is 17.8 Å². The monoisotopic (exact) mass is 387 g/mol. The van der Waals surface area contributed by atoms with Crippen molar-refractivity contribution in [2.75, 3.05) is 27.9 Å². The van der Waals surface area contributed by atoms with E-state index in [-0.39, 0.29) is 30.4 Å². The molecule has 0 aliphatic rings. The third-order valence-corrected chi connectivity index (χ3v) is 3.82. The average molecular weight is 387 g/mol. The Bertz CT molecular complexity index is 846. The zero-order valence-electron chi connectivity index (χ0n) is 15.8. The molecule has 2 aromatic carbocycles. The van der Waals surface area contributed by atoms with E-state index in [0.717, 1.165) is 5.56 Å². The molecule has 28 heavy (non-hydrogen) atoms. The van der Waals surface area contributed by atoms with Crippen molar-refractivity contribution < 1.29 is 33.3 Å². The Balaban J connectivity index is 1.93. The lowest BCUT2D eigenvalue weighted by molar-refractivity contribution is -0.123. The lowest BCUT2D eigenvalue weighted by atomic mass is 10.1. The van der Waals surface area contributed by atoms with Crippen molar-refractivity contribution in [1.82, 2.24) is 5.32 Å². The van der Waals surface area contributed by atoms with Crippen LogP contribution in [0.15, 0.2) is 42.5 Å². The molecule has 148 valence electrons. The predicted molar refractivity (Wildman–Crippen MR) is 99.5 cm³/mol. The minimum Gasteiger partial charge on any atom is -0.497 e. The summed E-state index contributed by atoms with van der Waals surface area (Å²) in [5, 5.41) is 2.70. The van der Waals surface area contributed by atoms with Crippen LogP contribution < -0.4 is 14.8 Å². The van der Waals surface area contributed by atoms with Crippen molar-refractivity contribution in [3.8, 4) is 11.5 Å². The smallest absolute Gasteiger partial charge is 0.341 e. The second kappa shape index (κ2) is 9.96. The van der Waals surface area contributed by atoms with Gasteiger partial charge in [-0.3, -0.25) is 4.79 Å². The number of carbonyl (C=O) groups excluding carboxylic acids is 3. The second-order valence-electron chi connectivity index (χ2n) is 5.61. The molecular formula is C20H21NO7. The zero-order chi connectivity index (χ0) is 20.5. The van der Waals surface area contributed by atoms with Crippen LogP contribution in [0.25, 0.3) is 0 Å². The summed E-state index contributed by atoms with van der Waals surface area (Å²) in [6.07, 6.45) is 0. The van der Waals surface area contributed by atoms with Gasteiger partial charge >= 0.3 is 11.9 Å². The molecule has 0 radical (unpaired) electrons. The highest BCUT2D eigenvalue weighted by Gasteiger charge is 2.15. The Morgan fingerprint density at radius 2 is 1.57 bits per heavy atom. The summed E-state index contributed by atoms with van der Waals surface area (Å²) in [7, 11) is 4.05. The summed E-state index contributed by atoms with van der Waals surface area (Å²) < 4.78 is 19.9. The molecule has 0 saturated carbocycles. The number of ether oxygens (including phenoxy) is 4. The highest BCUT2D eigenvalue weighted by atomic mass is 16.5. The van der Waals surface area contributed by atoms with E-state index in [1.165, 1.54) is 33.5 Å². The molecule has 8 nitrogen and oxygen atoms in total. The number of carbonyl (C=O) groups is 3. The molecule has 1 amide bonds. The third-order valence-electron chi connectivity index (χ3n) is 3.82. The summed E-state index contributed by atoms with van der Waals surface area (Å²) in [5.74, 6) is -0.722. The number of esters is 2. The summed E-state index contributed by atoms with van der Waals surface area (Å²) in [6, 6.07) is 11.3. The van der Waals surface area contributed by atoms with Crippen LogP contribution in [0.3, 0.4) is 0 Å². The first kappa shape index (κ1) is 20.8. The van der Waals surface area contributed by atoms with Gasteiger partial charge in [0.05, 0.1) is 26.9 Å². The Hall–Kier alpha value is -3.55. The molecule has 0 heterocycles. The van der Waals surface area contributed by atoms with E-state index in [2.05, 4.69) is 10.1 Å². The summed E-state index contributed by atoms with van der Waals surface area (Å²) in [4.78, 5) is 35.3. The van der Waals surface area contributed by atoms with Crippen LogP contribution in [-0.4, -0.2) is 45.8 Å². The fourth-order valence-corrected chi connectivity index (χ4v) is 2.30. The summed E-state index contributed by atoms with van der Waals surface area (Å²) in [5.41, 5.74) is 1.42.